The third-order valence-electron chi connectivity index (χ3n) is 4.04. The van der Waals surface area contributed by atoms with Gasteiger partial charge in [-0.05, 0) is 11.8 Å². The maximum absolute atomic E-state index is 12.2. The first-order chi connectivity index (χ1) is 11.4. The van der Waals surface area contributed by atoms with Gasteiger partial charge in [-0.3, -0.25) is 14.3 Å². The van der Waals surface area contributed by atoms with Gasteiger partial charge in [0.15, 0.2) is 0 Å². The molecule has 0 unspecified atom stereocenters. The number of hydrogen-bond acceptors (Lipinski definition) is 5. The molecule has 0 saturated heterocycles. The highest BCUT2D eigenvalue weighted by molar-refractivity contribution is 7.99. The van der Waals surface area contributed by atoms with E-state index in [1.807, 2.05) is 9.58 Å². The van der Waals surface area contributed by atoms with Crippen molar-refractivity contribution in [2.75, 3.05) is 32.1 Å². The number of aliphatic hydroxyl groups excluding tert-OH is 1. The Hall–Kier alpha value is -1.54. The number of carbonyl (C=O) groups is 2. The molecule has 0 bridgehead atoms. The highest BCUT2D eigenvalue weighted by Crippen LogP contribution is 2.21. The Morgan fingerprint density at radius 3 is 2.83 bits per heavy atom. The highest BCUT2D eigenvalue weighted by atomic mass is 32.2. The van der Waals surface area contributed by atoms with Gasteiger partial charge < -0.3 is 14.9 Å². The Balaban J connectivity index is 1.96. The highest BCUT2D eigenvalue weighted by Gasteiger charge is 2.24. The van der Waals surface area contributed by atoms with E-state index in [4.69, 9.17) is 0 Å². The molecule has 2 heterocycles. The summed E-state index contributed by atoms with van der Waals surface area (Å²) in [6, 6.07) is 1.80. The van der Waals surface area contributed by atoms with Crippen molar-refractivity contribution in [3.05, 3.63) is 17.5 Å². The van der Waals surface area contributed by atoms with Crippen LogP contribution in [-0.2, 0) is 22.7 Å². The van der Waals surface area contributed by atoms with Gasteiger partial charge in [0.05, 0.1) is 30.9 Å². The summed E-state index contributed by atoms with van der Waals surface area (Å²) in [4.78, 5) is 27.2. The Morgan fingerprint density at radius 2 is 2.17 bits per heavy atom. The molecule has 24 heavy (non-hydrogen) atoms. The smallest absolute Gasteiger partial charge is 0.225 e. The molecule has 1 aliphatic heterocycles. The summed E-state index contributed by atoms with van der Waals surface area (Å²) in [6.07, 6.45) is -0.345. The average molecular weight is 354 g/mol. The van der Waals surface area contributed by atoms with Crippen LogP contribution in [0, 0.1) is 0 Å². The molecule has 0 aromatic carbocycles. The van der Waals surface area contributed by atoms with Crippen LogP contribution in [0.15, 0.2) is 6.07 Å². The first-order valence-electron chi connectivity index (χ1n) is 8.22. The Morgan fingerprint density at radius 1 is 1.42 bits per heavy atom. The van der Waals surface area contributed by atoms with E-state index in [1.165, 1.54) is 4.90 Å². The molecular weight excluding hydrogens is 328 g/mol. The van der Waals surface area contributed by atoms with Crippen LogP contribution in [0.25, 0.3) is 0 Å². The van der Waals surface area contributed by atoms with Crippen LogP contribution in [0.3, 0.4) is 0 Å². The standard InChI is InChI=1S/C16H26N4O3S/c1-4-24-8-5-15(22)19-6-7-20-12(11-19)9-13(17-20)14(21)10-16(23)18(2)3/h9,14,21H,4-8,10-11H2,1-3H3/t14-/m1/s1. The van der Waals surface area contributed by atoms with E-state index in [-0.39, 0.29) is 18.2 Å². The fraction of sp³-hybridized carbons (Fsp3) is 0.688. The molecule has 1 N–H and O–H groups in total. The topological polar surface area (TPSA) is 78.7 Å². The van der Waals surface area contributed by atoms with Crippen LogP contribution < -0.4 is 0 Å². The van der Waals surface area contributed by atoms with Gasteiger partial charge in [0.1, 0.15) is 6.10 Å². The van der Waals surface area contributed by atoms with E-state index in [9.17, 15) is 14.7 Å². The molecule has 7 nitrogen and oxygen atoms in total. The molecule has 0 aliphatic carbocycles. The molecule has 8 heteroatoms. The zero-order valence-corrected chi connectivity index (χ0v) is 15.4. The van der Waals surface area contributed by atoms with Gasteiger partial charge in [-0.1, -0.05) is 6.92 Å². The minimum atomic E-state index is -0.914. The summed E-state index contributed by atoms with van der Waals surface area (Å²) in [5.41, 5.74) is 1.40. The van der Waals surface area contributed by atoms with E-state index >= 15 is 0 Å². The lowest BCUT2D eigenvalue weighted by molar-refractivity contribution is -0.132. The second kappa shape index (κ2) is 8.53. The Labute approximate surface area is 147 Å². The number of nitrogens with zero attached hydrogens (tertiary/aromatic N) is 4. The van der Waals surface area contributed by atoms with Crippen LogP contribution in [0.2, 0.25) is 0 Å². The van der Waals surface area contributed by atoms with Gasteiger partial charge >= 0.3 is 0 Å². The molecule has 1 aromatic rings. The molecular formula is C16H26N4O3S. The lowest BCUT2D eigenvalue weighted by Crippen LogP contribution is -2.38. The fourth-order valence-electron chi connectivity index (χ4n) is 2.58. The van der Waals surface area contributed by atoms with Gasteiger partial charge in [-0.25, -0.2) is 0 Å². The number of hydrogen-bond donors (Lipinski definition) is 1. The van der Waals surface area contributed by atoms with Crippen molar-refractivity contribution in [3.63, 3.8) is 0 Å². The van der Waals surface area contributed by atoms with E-state index < -0.39 is 6.10 Å². The molecule has 0 fully saturated rings. The van der Waals surface area contributed by atoms with E-state index in [0.29, 0.717) is 31.7 Å². The molecule has 134 valence electrons. The minimum absolute atomic E-state index is 0.0142. The average Bonchev–Trinajstić information content (AvgIpc) is 2.98. The number of carbonyl (C=O) groups excluding carboxylic acids is 2. The number of rotatable bonds is 7. The molecule has 0 spiro atoms. The summed E-state index contributed by atoms with van der Waals surface area (Å²) in [5, 5.41) is 14.6. The second-order valence-electron chi connectivity index (χ2n) is 6.05. The predicted molar refractivity (Wildman–Crippen MR) is 93.5 cm³/mol. The molecule has 1 aromatic heterocycles. The monoisotopic (exact) mass is 354 g/mol. The predicted octanol–water partition coefficient (Wildman–Crippen LogP) is 0.880. The van der Waals surface area contributed by atoms with Crippen LogP contribution in [0.1, 0.15) is 37.3 Å². The third-order valence-corrected chi connectivity index (χ3v) is 4.94. The fourth-order valence-corrected chi connectivity index (χ4v) is 3.19. The van der Waals surface area contributed by atoms with Gasteiger partial charge in [0.25, 0.3) is 0 Å². The normalized spacial score (nSPS) is 15.1. The van der Waals surface area contributed by atoms with Crippen molar-refractivity contribution in [3.8, 4) is 0 Å². The van der Waals surface area contributed by atoms with Crippen molar-refractivity contribution >= 4 is 23.6 Å². The summed E-state index contributed by atoms with van der Waals surface area (Å²) >= 11 is 1.77. The van der Waals surface area contributed by atoms with Crippen LogP contribution >= 0.6 is 11.8 Å². The van der Waals surface area contributed by atoms with E-state index in [1.54, 1.807) is 31.9 Å². The van der Waals surface area contributed by atoms with Crippen molar-refractivity contribution in [2.45, 2.75) is 39.0 Å². The lowest BCUT2D eigenvalue weighted by atomic mass is 10.1. The second-order valence-corrected chi connectivity index (χ2v) is 7.45. The van der Waals surface area contributed by atoms with Gasteiger partial charge in [-0.15, -0.1) is 0 Å². The number of thioether (sulfide) groups is 1. The Kier molecular flexibility index (Phi) is 6.68. The first-order valence-corrected chi connectivity index (χ1v) is 9.38. The van der Waals surface area contributed by atoms with Crippen molar-refractivity contribution < 1.29 is 14.7 Å². The number of aromatic nitrogens is 2. The minimum Gasteiger partial charge on any atom is -0.386 e. The van der Waals surface area contributed by atoms with Crippen molar-refractivity contribution in [2.24, 2.45) is 0 Å². The summed E-state index contributed by atoms with van der Waals surface area (Å²) in [6.45, 7) is 3.85. The SMILES string of the molecule is CCSCCC(=O)N1CCn2nc([C@H](O)CC(=O)N(C)C)cc2C1. The van der Waals surface area contributed by atoms with Crippen molar-refractivity contribution in [1.82, 2.24) is 19.6 Å². The zero-order chi connectivity index (χ0) is 17.7. The molecule has 2 amide bonds. The molecule has 0 saturated carbocycles. The van der Waals surface area contributed by atoms with Gasteiger partial charge in [0.2, 0.25) is 11.8 Å². The van der Waals surface area contributed by atoms with Gasteiger partial charge in [-0.2, -0.15) is 16.9 Å². The number of aliphatic hydroxyl groups is 1. The molecule has 1 aliphatic rings. The lowest BCUT2D eigenvalue weighted by Gasteiger charge is -2.27. The maximum Gasteiger partial charge on any atom is 0.225 e. The van der Waals surface area contributed by atoms with Crippen LogP contribution in [0.5, 0.6) is 0 Å². The molecule has 0 radical (unpaired) electrons. The summed E-state index contributed by atoms with van der Waals surface area (Å²) in [5.74, 6) is 1.89. The quantitative estimate of drug-likeness (QED) is 0.736. The zero-order valence-electron chi connectivity index (χ0n) is 14.6. The molecule has 1 atom stereocenters. The van der Waals surface area contributed by atoms with Gasteiger partial charge in [0, 0.05) is 32.8 Å². The maximum atomic E-state index is 12.2. The summed E-state index contributed by atoms with van der Waals surface area (Å²) < 4.78 is 1.82. The number of fused-ring (bicyclic) bond motifs is 1. The molecule has 2 rings (SSSR count). The van der Waals surface area contributed by atoms with Crippen molar-refractivity contribution in [1.29, 1.82) is 0 Å². The van der Waals surface area contributed by atoms with E-state index in [0.717, 1.165) is 17.2 Å². The van der Waals surface area contributed by atoms with Crippen LogP contribution in [0.4, 0.5) is 0 Å². The van der Waals surface area contributed by atoms with E-state index in [2.05, 4.69) is 12.0 Å². The third kappa shape index (κ3) is 4.73. The first kappa shape index (κ1) is 18.8. The number of amides is 2. The van der Waals surface area contributed by atoms with Crippen LogP contribution in [-0.4, -0.2) is 68.6 Å². The summed E-state index contributed by atoms with van der Waals surface area (Å²) in [7, 11) is 3.32. The Bertz CT molecular complexity index is 588. The largest absolute Gasteiger partial charge is 0.386 e.